The average molecular weight is 465 g/mol. The van der Waals surface area contributed by atoms with Crippen LogP contribution in [0.25, 0.3) is 0 Å². The molecule has 1 heterocycles. The molecule has 1 fully saturated rings. The molecule has 3 atom stereocenters. The molecule has 34 heavy (non-hydrogen) atoms. The molecule has 2 aliphatic carbocycles. The van der Waals surface area contributed by atoms with Crippen molar-refractivity contribution >= 4 is 11.5 Å². The number of carbonyl (C=O) groups excluding carboxylic acids is 1. The lowest BCUT2D eigenvalue weighted by Gasteiger charge is -2.56. The largest absolute Gasteiger partial charge is 0.493 e. The van der Waals surface area contributed by atoms with Gasteiger partial charge in [0.2, 0.25) is 0 Å². The Hall–Kier alpha value is -3.39. The molecule has 0 amide bonds. The molecule has 0 spiro atoms. The van der Waals surface area contributed by atoms with Crippen LogP contribution in [0.5, 0.6) is 11.5 Å². The third-order valence-corrected chi connectivity index (χ3v) is 7.75. The molecule has 2 bridgehead atoms. The van der Waals surface area contributed by atoms with Crippen molar-refractivity contribution in [3.05, 3.63) is 75.0 Å². The molecule has 0 aromatic heterocycles. The minimum atomic E-state index is -0.434. The van der Waals surface area contributed by atoms with E-state index < -0.39 is 10.3 Å². The number of benzene rings is 2. The fourth-order valence-electron chi connectivity index (χ4n) is 6.11. The Morgan fingerprint density at radius 1 is 1.18 bits per heavy atom. The third-order valence-electron chi connectivity index (χ3n) is 7.75. The maximum atomic E-state index is 13.1. The molecule has 1 saturated heterocycles. The number of likely N-dealkylation sites (tertiary alicyclic amines) is 1. The number of fused-ring (bicyclic) bond motifs is 1. The standard InChI is InChI=1S/C26H28N2O6/c1-27-11-10-26-14-21(29)23(33-3)13-18(26)20(27)12-16-8-9-22(32-2)25(24(16)26)34-15-17-6-4-5-7-19(17)28(30)31/h4-9,13,18,20H,10-12,14-15H2,1-3H3/t18-,20+,26-/m1/s1. The average Bonchev–Trinajstić information content (AvgIpc) is 2.84. The van der Waals surface area contributed by atoms with E-state index in [2.05, 4.69) is 18.0 Å². The minimum absolute atomic E-state index is 0.0117. The molecule has 0 radical (unpaired) electrons. The van der Waals surface area contributed by atoms with Crippen molar-refractivity contribution in [2.24, 2.45) is 5.92 Å². The van der Waals surface area contributed by atoms with Gasteiger partial charge in [-0.15, -0.1) is 0 Å². The van der Waals surface area contributed by atoms with Gasteiger partial charge in [-0.3, -0.25) is 14.9 Å². The number of ketones is 1. The van der Waals surface area contributed by atoms with E-state index in [4.69, 9.17) is 14.2 Å². The molecule has 0 N–H and O–H groups in total. The normalized spacial score (nSPS) is 25.6. The van der Waals surface area contributed by atoms with Crippen LogP contribution in [0, 0.1) is 16.0 Å². The number of nitrogens with zero attached hydrogens (tertiary/aromatic N) is 2. The van der Waals surface area contributed by atoms with Crippen LogP contribution >= 0.6 is 0 Å². The molecule has 8 heteroatoms. The highest BCUT2D eigenvalue weighted by molar-refractivity contribution is 5.96. The van der Waals surface area contributed by atoms with Gasteiger partial charge in [0.05, 0.1) is 24.7 Å². The van der Waals surface area contributed by atoms with E-state index >= 15 is 0 Å². The summed E-state index contributed by atoms with van der Waals surface area (Å²) < 4.78 is 17.5. The van der Waals surface area contributed by atoms with E-state index in [1.54, 1.807) is 32.4 Å². The van der Waals surface area contributed by atoms with Crippen molar-refractivity contribution in [1.82, 2.24) is 4.90 Å². The molecule has 2 aromatic carbocycles. The first-order chi connectivity index (χ1) is 16.4. The van der Waals surface area contributed by atoms with Crippen LogP contribution in [0.2, 0.25) is 0 Å². The Labute approximate surface area is 198 Å². The number of carbonyl (C=O) groups is 1. The smallest absolute Gasteiger partial charge is 0.276 e. The van der Waals surface area contributed by atoms with Crippen molar-refractivity contribution in [3.63, 3.8) is 0 Å². The Balaban J connectivity index is 1.64. The van der Waals surface area contributed by atoms with Crippen molar-refractivity contribution in [1.29, 1.82) is 0 Å². The Kier molecular flexibility index (Phi) is 5.56. The number of allylic oxidation sites excluding steroid dienone is 1. The van der Waals surface area contributed by atoms with Crippen LogP contribution in [0.3, 0.4) is 0 Å². The number of methoxy groups -OCH3 is 2. The highest BCUT2D eigenvalue weighted by Gasteiger charge is 2.56. The van der Waals surface area contributed by atoms with Gasteiger partial charge in [0.15, 0.2) is 23.0 Å². The van der Waals surface area contributed by atoms with Crippen molar-refractivity contribution in [2.75, 3.05) is 27.8 Å². The second kappa shape index (κ2) is 8.43. The van der Waals surface area contributed by atoms with Gasteiger partial charge in [-0.1, -0.05) is 18.2 Å². The Morgan fingerprint density at radius 3 is 2.71 bits per heavy atom. The van der Waals surface area contributed by atoms with E-state index in [1.807, 2.05) is 12.1 Å². The number of rotatable bonds is 6. The van der Waals surface area contributed by atoms with Gasteiger partial charge in [-0.05, 0) is 50.2 Å². The molecule has 8 nitrogen and oxygen atoms in total. The third kappa shape index (κ3) is 3.36. The van der Waals surface area contributed by atoms with E-state index in [0.29, 0.717) is 29.2 Å². The second-order valence-corrected chi connectivity index (χ2v) is 9.32. The number of ether oxygens (including phenoxy) is 3. The summed E-state index contributed by atoms with van der Waals surface area (Å²) in [5.74, 6) is 1.65. The van der Waals surface area contributed by atoms with Crippen LogP contribution in [-0.4, -0.2) is 49.5 Å². The number of Topliss-reactive ketones (excluding diaryl/α,β-unsaturated/α-hetero) is 1. The van der Waals surface area contributed by atoms with Crippen LogP contribution in [0.15, 0.2) is 48.2 Å². The number of likely N-dealkylation sites (N-methyl/N-ethyl adjacent to an activating group) is 1. The predicted octanol–water partition coefficient (Wildman–Crippen LogP) is 3.80. The Morgan fingerprint density at radius 2 is 1.97 bits per heavy atom. The van der Waals surface area contributed by atoms with E-state index in [0.717, 1.165) is 30.5 Å². The summed E-state index contributed by atoms with van der Waals surface area (Å²) in [4.78, 5) is 26.6. The summed E-state index contributed by atoms with van der Waals surface area (Å²) in [5.41, 5.74) is 2.20. The summed E-state index contributed by atoms with van der Waals surface area (Å²) in [6.45, 7) is 0.895. The first-order valence-corrected chi connectivity index (χ1v) is 11.4. The number of nitro groups is 1. The summed E-state index contributed by atoms with van der Waals surface area (Å²) in [6.07, 6.45) is 3.95. The lowest BCUT2D eigenvalue weighted by atomic mass is 9.53. The molecular weight excluding hydrogens is 436 g/mol. The van der Waals surface area contributed by atoms with Crippen LogP contribution in [0.4, 0.5) is 5.69 Å². The lowest BCUT2D eigenvalue weighted by Crippen LogP contribution is -2.60. The summed E-state index contributed by atoms with van der Waals surface area (Å²) in [7, 11) is 5.26. The number of para-hydroxylation sites is 1. The minimum Gasteiger partial charge on any atom is -0.493 e. The van der Waals surface area contributed by atoms with Gasteiger partial charge in [0, 0.05) is 35.4 Å². The van der Waals surface area contributed by atoms with Gasteiger partial charge in [0.25, 0.3) is 5.69 Å². The van der Waals surface area contributed by atoms with E-state index in [1.165, 1.54) is 6.07 Å². The topological polar surface area (TPSA) is 91.1 Å². The van der Waals surface area contributed by atoms with Crippen molar-refractivity contribution < 1.29 is 23.9 Å². The van der Waals surface area contributed by atoms with Crippen LogP contribution < -0.4 is 9.47 Å². The van der Waals surface area contributed by atoms with Gasteiger partial charge >= 0.3 is 0 Å². The van der Waals surface area contributed by atoms with E-state index in [9.17, 15) is 14.9 Å². The fraction of sp³-hybridized carbons (Fsp3) is 0.423. The fourth-order valence-corrected chi connectivity index (χ4v) is 6.11. The molecule has 178 valence electrons. The molecule has 1 aliphatic heterocycles. The molecule has 0 saturated carbocycles. The number of hydrogen-bond acceptors (Lipinski definition) is 7. The van der Waals surface area contributed by atoms with Gasteiger partial charge < -0.3 is 19.1 Å². The van der Waals surface area contributed by atoms with Crippen LogP contribution in [-0.2, 0) is 28.0 Å². The first-order valence-electron chi connectivity index (χ1n) is 11.4. The SMILES string of the molecule is COC1=C[C@@H]2[C@@H]3Cc4ccc(OC)c(OCc5ccccc5[N+](=O)[O-])c4[C@]2(CCN3C)CC1=O. The highest BCUT2D eigenvalue weighted by atomic mass is 16.6. The zero-order valence-corrected chi connectivity index (χ0v) is 19.6. The maximum absolute atomic E-state index is 13.1. The van der Waals surface area contributed by atoms with Crippen molar-refractivity contribution in [2.45, 2.75) is 37.3 Å². The quantitative estimate of drug-likeness (QED) is 0.474. The zero-order chi connectivity index (χ0) is 24.0. The molecular formula is C26H28N2O6. The first kappa shape index (κ1) is 22.4. The monoisotopic (exact) mass is 464 g/mol. The van der Waals surface area contributed by atoms with Crippen LogP contribution in [0.1, 0.15) is 29.5 Å². The highest BCUT2D eigenvalue weighted by Crippen LogP contribution is 2.58. The number of hydrogen-bond donors (Lipinski definition) is 0. The Bertz CT molecular complexity index is 1190. The molecule has 3 aliphatic rings. The van der Waals surface area contributed by atoms with Gasteiger partial charge in [0.1, 0.15) is 6.61 Å². The zero-order valence-electron chi connectivity index (χ0n) is 19.6. The number of nitro benzene ring substituents is 1. The molecule has 5 rings (SSSR count). The second-order valence-electron chi connectivity index (χ2n) is 9.32. The summed E-state index contributed by atoms with van der Waals surface area (Å²) in [5, 5.41) is 11.5. The lowest BCUT2D eigenvalue weighted by molar-refractivity contribution is -0.385. The predicted molar refractivity (Wildman–Crippen MR) is 125 cm³/mol. The maximum Gasteiger partial charge on any atom is 0.276 e. The van der Waals surface area contributed by atoms with Gasteiger partial charge in [-0.2, -0.15) is 0 Å². The van der Waals surface area contributed by atoms with Crippen molar-refractivity contribution in [3.8, 4) is 11.5 Å². The van der Waals surface area contributed by atoms with E-state index in [-0.39, 0.29) is 30.0 Å². The summed E-state index contributed by atoms with van der Waals surface area (Å²) >= 11 is 0. The molecule has 0 unspecified atom stereocenters. The number of piperidine rings is 1. The summed E-state index contributed by atoms with van der Waals surface area (Å²) in [6, 6.07) is 10.8. The van der Waals surface area contributed by atoms with Gasteiger partial charge in [-0.25, -0.2) is 0 Å². The molecule has 2 aromatic rings.